The average Bonchev–Trinajstić information content (AvgIpc) is 2.40. The van der Waals surface area contributed by atoms with Gasteiger partial charge >= 0.3 is 0 Å². The molecule has 0 amide bonds. The molecule has 0 aliphatic carbocycles. The molecular formula is C13H18N2O2S. The van der Waals surface area contributed by atoms with Crippen LogP contribution in [0.5, 0.6) is 0 Å². The number of rotatable bonds is 5. The van der Waals surface area contributed by atoms with E-state index in [0.29, 0.717) is 5.56 Å². The molecule has 0 fully saturated rings. The van der Waals surface area contributed by atoms with E-state index in [4.69, 9.17) is 5.26 Å². The highest BCUT2D eigenvalue weighted by atomic mass is 32.2. The molecule has 4 nitrogen and oxygen atoms in total. The Morgan fingerprint density at radius 3 is 2.44 bits per heavy atom. The van der Waals surface area contributed by atoms with Crippen molar-refractivity contribution in [2.24, 2.45) is 0 Å². The van der Waals surface area contributed by atoms with Gasteiger partial charge in [-0.2, -0.15) is 9.57 Å². The van der Waals surface area contributed by atoms with E-state index < -0.39 is 10.0 Å². The van der Waals surface area contributed by atoms with Crippen LogP contribution in [0.2, 0.25) is 0 Å². The van der Waals surface area contributed by atoms with Crippen molar-refractivity contribution < 1.29 is 8.42 Å². The minimum atomic E-state index is -3.51. The lowest BCUT2D eigenvalue weighted by molar-refractivity contribution is 0.349. The van der Waals surface area contributed by atoms with Crippen LogP contribution in [0, 0.1) is 11.3 Å². The van der Waals surface area contributed by atoms with Gasteiger partial charge in [-0.25, -0.2) is 8.42 Å². The number of hydrogen-bond donors (Lipinski definition) is 0. The Morgan fingerprint density at radius 1 is 1.33 bits per heavy atom. The molecule has 0 aliphatic heterocycles. The van der Waals surface area contributed by atoms with Crippen molar-refractivity contribution in [1.29, 1.82) is 5.26 Å². The Labute approximate surface area is 109 Å². The van der Waals surface area contributed by atoms with Gasteiger partial charge in [0.05, 0.1) is 16.5 Å². The highest BCUT2D eigenvalue weighted by Gasteiger charge is 2.25. The molecule has 0 atom stereocenters. The van der Waals surface area contributed by atoms with Crippen molar-refractivity contribution in [2.45, 2.75) is 37.6 Å². The Morgan fingerprint density at radius 2 is 1.94 bits per heavy atom. The third-order valence-corrected chi connectivity index (χ3v) is 5.00. The van der Waals surface area contributed by atoms with E-state index in [-0.39, 0.29) is 10.9 Å². The maximum atomic E-state index is 12.4. The van der Waals surface area contributed by atoms with E-state index >= 15 is 0 Å². The van der Waals surface area contributed by atoms with Gasteiger partial charge in [0, 0.05) is 13.1 Å². The fourth-order valence-electron chi connectivity index (χ4n) is 1.89. The predicted molar refractivity (Wildman–Crippen MR) is 70.5 cm³/mol. The number of benzene rings is 1. The number of nitrogens with zero attached hydrogens (tertiary/aromatic N) is 2. The second kappa shape index (κ2) is 5.98. The van der Waals surface area contributed by atoms with Crippen LogP contribution >= 0.6 is 0 Å². The van der Waals surface area contributed by atoms with E-state index in [2.05, 4.69) is 0 Å². The van der Waals surface area contributed by atoms with Crippen molar-refractivity contribution in [2.75, 3.05) is 7.05 Å². The summed E-state index contributed by atoms with van der Waals surface area (Å²) in [5, 5.41) is 8.81. The second-order valence-corrected chi connectivity index (χ2v) is 6.13. The van der Waals surface area contributed by atoms with E-state index in [1.54, 1.807) is 19.2 Å². The van der Waals surface area contributed by atoms with Crippen LogP contribution in [0.1, 0.15) is 32.3 Å². The fraction of sp³-hybridized carbons (Fsp3) is 0.462. The van der Waals surface area contributed by atoms with Crippen LogP contribution in [-0.4, -0.2) is 25.8 Å². The van der Waals surface area contributed by atoms with Crippen LogP contribution in [0.15, 0.2) is 29.2 Å². The second-order valence-electron chi connectivity index (χ2n) is 4.13. The Balaban J connectivity index is 3.17. The zero-order valence-electron chi connectivity index (χ0n) is 10.9. The van der Waals surface area contributed by atoms with Gasteiger partial charge in [-0.05, 0) is 31.0 Å². The summed E-state index contributed by atoms with van der Waals surface area (Å²) < 4.78 is 26.1. The average molecular weight is 266 g/mol. The Hall–Kier alpha value is -1.38. The summed E-state index contributed by atoms with van der Waals surface area (Å²) in [5.74, 6) is 0. The van der Waals surface area contributed by atoms with Crippen LogP contribution in [0.25, 0.3) is 0 Å². The van der Waals surface area contributed by atoms with Crippen molar-refractivity contribution in [3.05, 3.63) is 29.8 Å². The SMILES string of the molecule is CCC(CC)N(C)S(=O)(=O)c1cccc(C#N)c1. The molecule has 98 valence electrons. The summed E-state index contributed by atoms with van der Waals surface area (Å²) >= 11 is 0. The highest BCUT2D eigenvalue weighted by molar-refractivity contribution is 7.89. The lowest BCUT2D eigenvalue weighted by Gasteiger charge is -2.25. The summed E-state index contributed by atoms with van der Waals surface area (Å²) in [6, 6.07) is 8.06. The molecule has 0 N–H and O–H groups in total. The molecule has 0 aromatic heterocycles. The molecule has 1 aromatic rings. The first-order chi connectivity index (χ1) is 8.47. The zero-order chi connectivity index (χ0) is 13.8. The zero-order valence-corrected chi connectivity index (χ0v) is 11.7. The maximum absolute atomic E-state index is 12.4. The van der Waals surface area contributed by atoms with Crippen molar-refractivity contribution in [3.8, 4) is 6.07 Å². The molecule has 5 heteroatoms. The molecule has 0 saturated heterocycles. The summed E-state index contributed by atoms with van der Waals surface area (Å²) in [5.41, 5.74) is 0.356. The maximum Gasteiger partial charge on any atom is 0.243 e. The molecular weight excluding hydrogens is 248 g/mol. The van der Waals surface area contributed by atoms with Gasteiger partial charge in [-0.15, -0.1) is 0 Å². The van der Waals surface area contributed by atoms with E-state index in [9.17, 15) is 8.42 Å². The van der Waals surface area contributed by atoms with Gasteiger partial charge in [-0.1, -0.05) is 19.9 Å². The lowest BCUT2D eigenvalue weighted by atomic mass is 10.2. The molecule has 0 radical (unpaired) electrons. The van der Waals surface area contributed by atoms with Crippen LogP contribution in [0.4, 0.5) is 0 Å². The summed E-state index contributed by atoms with van der Waals surface area (Å²) in [4.78, 5) is 0.177. The molecule has 0 heterocycles. The van der Waals surface area contributed by atoms with Crippen LogP contribution in [0.3, 0.4) is 0 Å². The first-order valence-electron chi connectivity index (χ1n) is 5.95. The monoisotopic (exact) mass is 266 g/mol. The van der Waals surface area contributed by atoms with Gasteiger partial charge in [0.1, 0.15) is 0 Å². The first kappa shape index (κ1) is 14.7. The van der Waals surface area contributed by atoms with Crippen molar-refractivity contribution >= 4 is 10.0 Å². The Bertz CT molecular complexity index is 542. The first-order valence-corrected chi connectivity index (χ1v) is 7.39. The Kier molecular flexibility index (Phi) is 4.88. The summed E-state index contributed by atoms with van der Waals surface area (Å²) in [6.07, 6.45) is 1.54. The summed E-state index contributed by atoms with van der Waals surface area (Å²) in [6.45, 7) is 3.93. The van der Waals surface area contributed by atoms with Crippen LogP contribution < -0.4 is 0 Å². The molecule has 18 heavy (non-hydrogen) atoms. The number of sulfonamides is 1. The standard InChI is InChI=1S/C13H18N2O2S/c1-4-12(5-2)15(3)18(16,17)13-8-6-7-11(9-13)10-14/h6-9,12H,4-5H2,1-3H3. The molecule has 1 aromatic carbocycles. The van der Waals surface area contributed by atoms with E-state index in [1.807, 2.05) is 19.9 Å². The molecule has 0 saturated carbocycles. The van der Waals surface area contributed by atoms with Crippen molar-refractivity contribution in [1.82, 2.24) is 4.31 Å². The molecule has 0 unspecified atom stereocenters. The van der Waals surface area contributed by atoms with Gasteiger partial charge in [-0.3, -0.25) is 0 Å². The largest absolute Gasteiger partial charge is 0.243 e. The van der Waals surface area contributed by atoms with Gasteiger partial charge in [0.15, 0.2) is 0 Å². The highest BCUT2D eigenvalue weighted by Crippen LogP contribution is 2.20. The third-order valence-electron chi connectivity index (χ3n) is 3.10. The molecule has 1 rings (SSSR count). The topological polar surface area (TPSA) is 61.2 Å². The predicted octanol–water partition coefficient (Wildman–Crippen LogP) is 2.37. The summed E-state index contributed by atoms with van der Waals surface area (Å²) in [7, 11) is -1.92. The van der Waals surface area contributed by atoms with E-state index in [0.717, 1.165) is 12.8 Å². The lowest BCUT2D eigenvalue weighted by Crippen LogP contribution is -2.36. The van der Waals surface area contributed by atoms with Gasteiger partial charge < -0.3 is 0 Å². The quantitative estimate of drug-likeness (QED) is 0.822. The normalized spacial score (nSPS) is 11.8. The number of hydrogen-bond acceptors (Lipinski definition) is 3. The van der Waals surface area contributed by atoms with E-state index in [1.165, 1.54) is 16.4 Å². The smallest absolute Gasteiger partial charge is 0.207 e. The fourth-order valence-corrected chi connectivity index (χ4v) is 3.44. The minimum absolute atomic E-state index is 0.0132. The van der Waals surface area contributed by atoms with Crippen molar-refractivity contribution in [3.63, 3.8) is 0 Å². The minimum Gasteiger partial charge on any atom is -0.207 e. The molecule has 0 bridgehead atoms. The third kappa shape index (κ3) is 2.89. The van der Waals surface area contributed by atoms with Gasteiger partial charge in [0.25, 0.3) is 0 Å². The number of nitriles is 1. The van der Waals surface area contributed by atoms with Crippen LogP contribution in [-0.2, 0) is 10.0 Å². The molecule has 0 spiro atoms. The van der Waals surface area contributed by atoms with Gasteiger partial charge in [0.2, 0.25) is 10.0 Å². The molecule has 0 aliphatic rings.